The van der Waals surface area contributed by atoms with E-state index in [-0.39, 0.29) is 0 Å². The number of hydrogen-bond donors (Lipinski definition) is 0. The zero-order valence-electron chi connectivity index (χ0n) is 22.7. The minimum absolute atomic E-state index is 0.551. The molecule has 1 spiro atoms. The second kappa shape index (κ2) is 9.09. The Labute approximate surface area is 243 Å². The molecular weight excluding hydrogens is 518 g/mol. The molecule has 196 valence electrons. The predicted molar refractivity (Wildman–Crippen MR) is 173 cm³/mol. The summed E-state index contributed by atoms with van der Waals surface area (Å²) in [4.78, 5) is 2.38. The summed E-state index contributed by atoms with van der Waals surface area (Å²) in [5, 5.41) is 2.55. The third kappa shape index (κ3) is 3.30. The first-order valence-corrected chi connectivity index (χ1v) is 14.7. The summed E-state index contributed by atoms with van der Waals surface area (Å²) in [5.41, 5.74) is 7.69. The lowest BCUT2D eigenvalue weighted by Gasteiger charge is -2.48. The summed E-state index contributed by atoms with van der Waals surface area (Å²) in [7, 11) is 0. The zero-order chi connectivity index (χ0) is 27.6. The van der Waals surface area contributed by atoms with E-state index in [0.29, 0.717) is 0 Å². The van der Waals surface area contributed by atoms with Gasteiger partial charge in [-0.3, -0.25) is 0 Å². The molecule has 0 fully saturated rings. The molecule has 0 N–H and O–H groups in total. The molecule has 1 unspecified atom stereocenters. The molecule has 8 rings (SSSR count). The van der Waals surface area contributed by atoms with Crippen LogP contribution in [0.3, 0.4) is 0 Å². The van der Waals surface area contributed by atoms with E-state index >= 15 is 0 Å². The van der Waals surface area contributed by atoms with Gasteiger partial charge in [-0.2, -0.15) is 0 Å². The molecule has 2 aliphatic heterocycles. The van der Waals surface area contributed by atoms with Gasteiger partial charge in [-0.05, 0) is 66.6 Å². The Morgan fingerprint density at radius 1 is 0.707 bits per heavy atom. The Balaban J connectivity index is 1.55. The van der Waals surface area contributed by atoms with Crippen LogP contribution >= 0.6 is 11.3 Å². The maximum absolute atomic E-state index is 6.74. The number of anilines is 2. The van der Waals surface area contributed by atoms with Gasteiger partial charge in [0.2, 0.25) is 0 Å². The van der Waals surface area contributed by atoms with Crippen LogP contribution < -0.4 is 9.64 Å². The lowest BCUT2D eigenvalue weighted by molar-refractivity contribution is 0.432. The molecule has 0 saturated heterocycles. The van der Waals surface area contributed by atoms with Crippen LogP contribution in [0.5, 0.6) is 11.5 Å². The molecule has 0 saturated carbocycles. The molecule has 2 nitrogen and oxygen atoms in total. The number of fused-ring (bicyclic) bond motifs is 9. The molecule has 0 amide bonds. The van der Waals surface area contributed by atoms with Crippen LogP contribution in [-0.4, -0.2) is 0 Å². The van der Waals surface area contributed by atoms with Gasteiger partial charge in [-0.15, -0.1) is 11.3 Å². The molecule has 1 atom stereocenters. The van der Waals surface area contributed by atoms with Gasteiger partial charge in [0.05, 0.1) is 11.1 Å². The van der Waals surface area contributed by atoms with E-state index in [4.69, 9.17) is 4.74 Å². The Bertz CT molecular complexity index is 2070. The molecule has 3 heteroatoms. The highest BCUT2D eigenvalue weighted by atomic mass is 32.1. The first-order valence-electron chi connectivity index (χ1n) is 13.9. The van der Waals surface area contributed by atoms with Crippen molar-refractivity contribution in [3.8, 4) is 11.5 Å². The number of rotatable bonds is 3. The first kappa shape index (κ1) is 24.0. The molecule has 5 aromatic carbocycles. The van der Waals surface area contributed by atoms with Crippen molar-refractivity contribution in [2.75, 3.05) is 4.90 Å². The largest absolute Gasteiger partial charge is 0.457 e. The smallest absolute Gasteiger partial charge is 0.133 e. The summed E-state index contributed by atoms with van der Waals surface area (Å²) in [6.45, 7) is 6.29. The van der Waals surface area contributed by atoms with Crippen molar-refractivity contribution in [1.82, 2.24) is 0 Å². The van der Waals surface area contributed by atoms with Gasteiger partial charge >= 0.3 is 0 Å². The summed E-state index contributed by atoms with van der Waals surface area (Å²) in [5.74, 6) is 1.81. The minimum atomic E-state index is -0.551. The van der Waals surface area contributed by atoms with Crippen LogP contribution in [-0.2, 0) is 5.41 Å². The highest BCUT2D eigenvalue weighted by molar-refractivity contribution is 7.25. The van der Waals surface area contributed by atoms with E-state index in [9.17, 15) is 0 Å². The van der Waals surface area contributed by atoms with Gasteiger partial charge in [-0.25, -0.2) is 0 Å². The molecular formula is C38H27NOS. The van der Waals surface area contributed by atoms with Crippen LogP contribution in [0.25, 0.3) is 20.2 Å². The normalized spacial score (nSPS) is 17.5. The zero-order valence-corrected chi connectivity index (χ0v) is 23.5. The van der Waals surface area contributed by atoms with Crippen LogP contribution in [0.1, 0.15) is 23.6 Å². The molecule has 2 aliphatic rings. The number of allylic oxidation sites excluding steroid dienone is 4. The maximum Gasteiger partial charge on any atom is 0.133 e. The molecule has 0 bridgehead atoms. The molecule has 41 heavy (non-hydrogen) atoms. The van der Waals surface area contributed by atoms with Crippen molar-refractivity contribution in [2.24, 2.45) is 0 Å². The standard InChI is InChI=1S/C38H27NOS/c1-3-4-19-32-25(2)38(29-17-9-11-20-33(29)39(32)26-14-6-5-7-15-26)30-18-10-12-21-34(30)40-35-24-37-28(23-31(35)38)27-16-8-13-22-36(27)41-37/h3-24H,1H2,2H3/b19-4-. The molecule has 0 radical (unpaired) electrons. The minimum Gasteiger partial charge on any atom is -0.457 e. The molecule has 0 aliphatic carbocycles. The molecule has 3 heterocycles. The highest BCUT2D eigenvalue weighted by Gasteiger charge is 2.50. The number of hydrogen-bond acceptors (Lipinski definition) is 3. The van der Waals surface area contributed by atoms with Gasteiger partial charge in [-0.1, -0.05) is 91.5 Å². The third-order valence-electron chi connectivity index (χ3n) is 8.54. The quantitative estimate of drug-likeness (QED) is 0.205. The van der Waals surface area contributed by atoms with E-state index < -0.39 is 5.41 Å². The fourth-order valence-corrected chi connectivity index (χ4v) is 7.96. The highest BCUT2D eigenvalue weighted by Crippen LogP contribution is 2.61. The van der Waals surface area contributed by atoms with Gasteiger partial charge in [0, 0.05) is 42.7 Å². The van der Waals surface area contributed by atoms with Gasteiger partial charge in [0.1, 0.15) is 11.5 Å². The monoisotopic (exact) mass is 545 g/mol. The number of ether oxygens (including phenoxy) is 1. The third-order valence-corrected chi connectivity index (χ3v) is 9.67. The Hall–Kier alpha value is -4.86. The van der Waals surface area contributed by atoms with Crippen LogP contribution in [0.2, 0.25) is 0 Å². The van der Waals surface area contributed by atoms with Crippen molar-refractivity contribution in [1.29, 1.82) is 0 Å². The van der Waals surface area contributed by atoms with E-state index in [1.165, 1.54) is 36.9 Å². The van der Waals surface area contributed by atoms with E-state index in [2.05, 4.69) is 140 Å². The van der Waals surface area contributed by atoms with Crippen molar-refractivity contribution in [2.45, 2.75) is 12.3 Å². The number of nitrogens with zero attached hydrogens (tertiary/aromatic N) is 1. The van der Waals surface area contributed by atoms with Gasteiger partial charge in [0.25, 0.3) is 0 Å². The van der Waals surface area contributed by atoms with E-state index in [1.54, 1.807) is 0 Å². The predicted octanol–water partition coefficient (Wildman–Crippen LogP) is 10.7. The number of thiophene rings is 1. The van der Waals surface area contributed by atoms with Gasteiger partial charge < -0.3 is 9.64 Å². The van der Waals surface area contributed by atoms with Gasteiger partial charge in [0.15, 0.2) is 0 Å². The Kier molecular flexibility index (Phi) is 5.31. The lowest BCUT2D eigenvalue weighted by Crippen LogP contribution is -2.41. The first-order chi connectivity index (χ1) is 20.2. The SMILES string of the molecule is C=C/C=C\C1=C(C)C2(c3ccccc3Oc3cc4sc5ccccc5c4cc32)c2ccccc2N1c1ccccc1. The summed E-state index contributed by atoms with van der Waals surface area (Å²) in [6.07, 6.45) is 6.09. The maximum atomic E-state index is 6.74. The van der Waals surface area contributed by atoms with Crippen LogP contribution in [0.15, 0.2) is 151 Å². The lowest BCUT2D eigenvalue weighted by atomic mass is 9.61. The Morgan fingerprint density at radius 3 is 2.29 bits per heavy atom. The van der Waals surface area contributed by atoms with E-state index in [0.717, 1.165) is 34.1 Å². The van der Waals surface area contributed by atoms with Crippen molar-refractivity contribution >= 4 is 42.9 Å². The van der Waals surface area contributed by atoms with Crippen molar-refractivity contribution in [3.05, 3.63) is 168 Å². The average molecular weight is 546 g/mol. The van der Waals surface area contributed by atoms with Crippen molar-refractivity contribution < 1.29 is 4.74 Å². The second-order valence-electron chi connectivity index (χ2n) is 10.6. The molecule has 6 aromatic rings. The van der Waals surface area contributed by atoms with Crippen LogP contribution in [0.4, 0.5) is 11.4 Å². The van der Waals surface area contributed by atoms with Crippen molar-refractivity contribution in [3.63, 3.8) is 0 Å². The fourth-order valence-electron chi connectivity index (χ4n) is 6.84. The second-order valence-corrected chi connectivity index (χ2v) is 11.7. The number of benzene rings is 5. The number of para-hydroxylation sites is 3. The van der Waals surface area contributed by atoms with E-state index in [1.807, 2.05) is 23.5 Å². The summed E-state index contributed by atoms with van der Waals surface area (Å²) in [6, 6.07) is 41.4. The summed E-state index contributed by atoms with van der Waals surface area (Å²) < 4.78 is 9.26. The Morgan fingerprint density at radius 2 is 1.44 bits per heavy atom. The van der Waals surface area contributed by atoms with Crippen LogP contribution in [0, 0.1) is 0 Å². The molecule has 1 aromatic heterocycles. The topological polar surface area (TPSA) is 12.5 Å². The fraction of sp³-hybridized carbons (Fsp3) is 0.0526. The average Bonchev–Trinajstić information content (AvgIpc) is 3.38. The summed E-state index contributed by atoms with van der Waals surface area (Å²) >= 11 is 1.82.